The van der Waals surface area contributed by atoms with E-state index in [0.29, 0.717) is 23.8 Å². The molecule has 5 nitrogen and oxygen atoms in total. The molecule has 1 N–H and O–H groups in total. The van der Waals surface area contributed by atoms with Gasteiger partial charge in [0.15, 0.2) is 0 Å². The Hall–Kier alpha value is -1.76. The number of rotatable bonds is 4. The van der Waals surface area contributed by atoms with Gasteiger partial charge in [-0.15, -0.1) is 0 Å². The van der Waals surface area contributed by atoms with Gasteiger partial charge in [0.1, 0.15) is 0 Å². The molecule has 2 aromatic rings. The molecule has 1 fully saturated rings. The summed E-state index contributed by atoms with van der Waals surface area (Å²) in [5.74, 6) is -0.241. The second-order valence-electron chi connectivity index (χ2n) is 6.56. The first-order valence-electron chi connectivity index (χ1n) is 8.66. The van der Waals surface area contributed by atoms with Gasteiger partial charge in [0.05, 0.1) is 21.2 Å². The number of amides is 1. The normalized spacial score (nSPS) is 14.9. The van der Waals surface area contributed by atoms with Crippen molar-refractivity contribution in [1.29, 1.82) is 0 Å². The van der Waals surface area contributed by atoms with Crippen molar-refractivity contribution in [3.8, 4) is 0 Å². The van der Waals surface area contributed by atoms with Gasteiger partial charge in [0, 0.05) is 18.1 Å². The molecule has 27 heavy (non-hydrogen) atoms. The Morgan fingerprint density at radius 2 is 1.70 bits per heavy atom. The van der Waals surface area contributed by atoms with Gasteiger partial charge in [-0.05, 0) is 62.1 Å². The van der Waals surface area contributed by atoms with E-state index in [4.69, 9.17) is 23.2 Å². The third-order valence-electron chi connectivity index (χ3n) is 4.55. The first kappa shape index (κ1) is 20.0. The van der Waals surface area contributed by atoms with Gasteiger partial charge in [-0.2, -0.15) is 0 Å². The van der Waals surface area contributed by atoms with Crippen LogP contribution in [-0.4, -0.2) is 32.3 Å². The molecular weight excluding hydrogens is 407 g/mol. The topological polar surface area (TPSA) is 66.5 Å². The number of sulfonamides is 1. The van der Waals surface area contributed by atoms with Gasteiger partial charge >= 0.3 is 0 Å². The van der Waals surface area contributed by atoms with Crippen LogP contribution < -0.4 is 4.72 Å². The number of anilines is 1. The molecule has 0 unspecified atom stereocenters. The van der Waals surface area contributed by atoms with E-state index in [1.807, 2.05) is 6.92 Å². The van der Waals surface area contributed by atoms with Crippen LogP contribution in [0.3, 0.4) is 0 Å². The molecular formula is C19H20Cl2N2O3S. The van der Waals surface area contributed by atoms with E-state index in [1.165, 1.54) is 18.2 Å². The van der Waals surface area contributed by atoms with Gasteiger partial charge < -0.3 is 4.90 Å². The summed E-state index contributed by atoms with van der Waals surface area (Å²) in [7, 11) is -3.88. The van der Waals surface area contributed by atoms with Crippen molar-refractivity contribution in [2.45, 2.75) is 31.1 Å². The van der Waals surface area contributed by atoms with Gasteiger partial charge in [0.2, 0.25) is 0 Å². The zero-order valence-electron chi connectivity index (χ0n) is 14.8. The summed E-state index contributed by atoms with van der Waals surface area (Å²) in [5, 5.41) is 0.704. The van der Waals surface area contributed by atoms with Crippen LogP contribution >= 0.6 is 23.2 Å². The zero-order chi connectivity index (χ0) is 19.6. The minimum Gasteiger partial charge on any atom is -0.339 e. The van der Waals surface area contributed by atoms with Crippen molar-refractivity contribution in [1.82, 2.24) is 4.90 Å². The highest BCUT2D eigenvalue weighted by Crippen LogP contribution is 2.26. The van der Waals surface area contributed by atoms with Crippen LogP contribution in [0.1, 0.15) is 35.2 Å². The molecule has 2 aromatic carbocycles. The number of piperidine rings is 1. The van der Waals surface area contributed by atoms with Crippen LogP contribution in [0.25, 0.3) is 0 Å². The van der Waals surface area contributed by atoms with E-state index in [0.717, 1.165) is 24.8 Å². The van der Waals surface area contributed by atoms with Crippen molar-refractivity contribution in [2.24, 2.45) is 0 Å². The summed E-state index contributed by atoms with van der Waals surface area (Å²) in [6.45, 7) is 3.15. The molecule has 0 spiro atoms. The molecule has 0 bridgehead atoms. The maximum atomic E-state index is 12.7. The number of aryl methyl sites for hydroxylation is 1. The highest BCUT2D eigenvalue weighted by molar-refractivity contribution is 7.92. The fourth-order valence-corrected chi connectivity index (χ4v) is 4.43. The molecule has 3 rings (SSSR count). The minimum absolute atomic E-state index is 0.0241. The van der Waals surface area contributed by atoms with E-state index in [2.05, 4.69) is 4.72 Å². The maximum Gasteiger partial charge on any atom is 0.261 e. The van der Waals surface area contributed by atoms with E-state index in [-0.39, 0.29) is 21.4 Å². The number of hydrogen-bond acceptors (Lipinski definition) is 3. The SMILES string of the molecule is Cc1ccc(NS(=O)(=O)c2ccc(Cl)c(C(=O)N3CCCCC3)c2)cc1Cl. The van der Waals surface area contributed by atoms with E-state index in [1.54, 1.807) is 23.1 Å². The summed E-state index contributed by atoms with van der Waals surface area (Å²) in [6, 6.07) is 9.06. The summed E-state index contributed by atoms with van der Waals surface area (Å²) in [4.78, 5) is 14.4. The molecule has 0 radical (unpaired) electrons. The van der Waals surface area contributed by atoms with Crippen molar-refractivity contribution in [2.75, 3.05) is 17.8 Å². The van der Waals surface area contributed by atoms with Crippen LogP contribution in [0, 0.1) is 6.92 Å². The Labute approximate surface area is 169 Å². The highest BCUT2D eigenvalue weighted by Gasteiger charge is 2.23. The quantitative estimate of drug-likeness (QED) is 0.767. The van der Waals surface area contributed by atoms with Crippen LogP contribution in [-0.2, 0) is 10.0 Å². The smallest absolute Gasteiger partial charge is 0.261 e. The number of carbonyl (C=O) groups is 1. The zero-order valence-corrected chi connectivity index (χ0v) is 17.2. The molecule has 0 aromatic heterocycles. The van der Waals surface area contributed by atoms with Gasteiger partial charge in [-0.25, -0.2) is 8.42 Å². The van der Waals surface area contributed by atoms with E-state index < -0.39 is 10.0 Å². The monoisotopic (exact) mass is 426 g/mol. The molecule has 1 amide bonds. The number of benzene rings is 2. The molecule has 8 heteroatoms. The molecule has 0 saturated carbocycles. The number of nitrogens with one attached hydrogen (secondary N) is 1. The van der Waals surface area contributed by atoms with Crippen molar-refractivity contribution in [3.05, 3.63) is 57.6 Å². The largest absolute Gasteiger partial charge is 0.339 e. The van der Waals surface area contributed by atoms with E-state index >= 15 is 0 Å². The van der Waals surface area contributed by atoms with Crippen LogP contribution in [0.2, 0.25) is 10.0 Å². The summed E-state index contributed by atoms with van der Waals surface area (Å²) >= 11 is 12.2. The van der Waals surface area contributed by atoms with E-state index in [9.17, 15) is 13.2 Å². The third kappa shape index (κ3) is 4.57. The Balaban J connectivity index is 1.89. The predicted octanol–water partition coefficient (Wildman–Crippen LogP) is 4.73. The predicted molar refractivity (Wildman–Crippen MR) is 108 cm³/mol. The fraction of sp³-hybridized carbons (Fsp3) is 0.316. The lowest BCUT2D eigenvalue weighted by atomic mass is 10.1. The van der Waals surface area contributed by atoms with Crippen LogP contribution in [0.4, 0.5) is 5.69 Å². The average molecular weight is 427 g/mol. The Morgan fingerprint density at radius 1 is 1.00 bits per heavy atom. The molecule has 0 aliphatic carbocycles. The molecule has 1 saturated heterocycles. The Bertz CT molecular complexity index is 971. The minimum atomic E-state index is -3.88. The van der Waals surface area contributed by atoms with Crippen molar-refractivity contribution in [3.63, 3.8) is 0 Å². The molecule has 1 aliphatic rings. The first-order chi connectivity index (χ1) is 12.8. The summed E-state index contributed by atoms with van der Waals surface area (Å²) in [6.07, 6.45) is 2.98. The molecule has 0 atom stereocenters. The molecule has 1 heterocycles. The molecule has 1 aliphatic heterocycles. The molecule has 144 valence electrons. The maximum absolute atomic E-state index is 12.7. The lowest BCUT2D eigenvalue weighted by Gasteiger charge is -2.27. The number of nitrogens with zero attached hydrogens (tertiary/aromatic N) is 1. The fourth-order valence-electron chi connectivity index (χ4n) is 2.97. The Kier molecular flexibility index (Phi) is 5.99. The summed E-state index contributed by atoms with van der Waals surface area (Å²) in [5.41, 5.74) is 1.40. The standard InChI is InChI=1S/C19H20Cl2N2O3S/c1-13-5-6-14(11-18(13)21)22-27(25,26)15-7-8-17(20)16(12-15)19(24)23-9-3-2-4-10-23/h5-8,11-12,22H,2-4,9-10H2,1H3. The lowest BCUT2D eigenvalue weighted by Crippen LogP contribution is -2.35. The van der Waals surface area contributed by atoms with Crippen molar-refractivity contribution < 1.29 is 13.2 Å². The number of carbonyl (C=O) groups excluding carboxylic acids is 1. The number of likely N-dealkylation sites (tertiary alicyclic amines) is 1. The van der Waals surface area contributed by atoms with Crippen molar-refractivity contribution >= 4 is 44.8 Å². The number of halogens is 2. The highest BCUT2D eigenvalue weighted by atomic mass is 35.5. The van der Waals surface area contributed by atoms with Gasteiger partial charge in [-0.1, -0.05) is 29.3 Å². The van der Waals surface area contributed by atoms with Crippen LogP contribution in [0.15, 0.2) is 41.3 Å². The lowest BCUT2D eigenvalue weighted by molar-refractivity contribution is 0.0724. The first-order valence-corrected chi connectivity index (χ1v) is 10.9. The summed E-state index contributed by atoms with van der Waals surface area (Å²) < 4.78 is 28.0. The average Bonchev–Trinajstić information content (AvgIpc) is 2.65. The Morgan fingerprint density at radius 3 is 2.37 bits per heavy atom. The number of hydrogen-bond donors (Lipinski definition) is 1. The van der Waals surface area contributed by atoms with Gasteiger partial charge in [-0.3, -0.25) is 9.52 Å². The second-order valence-corrected chi connectivity index (χ2v) is 9.06. The van der Waals surface area contributed by atoms with Crippen LogP contribution in [0.5, 0.6) is 0 Å². The second kappa shape index (κ2) is 8.09. The van der Waals surface area contributed by atoms with Gasteiger partial charge in [0.25, 0.3) is 15.9 Å². The third-order valence-corrected chi connectivity index (χ3v) is 6.66.